The topological polar surface area (TPSA) is 38.3 Å². The van der Waals surface area contributed by atoms with E-state index in [2.05, 4.69) is 5.32 Å². The summed E-state index contributed by atoms with van der Waals surface area (Å²) in [6.07, 6.45) is 0.914. The van der Waals surface area contributed by atoms with Gasteiger partial charge in [0.15, 0.2) is 0 Å². The quantitative estimate of drug-likeness (QED) is 0.420. The van der Waals surface area contributed by atoms with Crippen molar-refractivity contribution in [3.63, 3.8) is 0 Å². The van der Waals surface area contributed by atoms with Crippen LogP contribution in [0.15, 0.2) is 77.7 Å². The van der Waals surface area contributed by atoms with E-state index in [1.807, 2.05) is 79.7 Å². The summed E-state index contributed by atoms with van der Waals surface area (Å²) < 4.78 is 5.70. The van der Waals surface area contributed by atoms with Gasteiger partial charge in [0.2, 0.25) is 0 Å². The number of para-hydroxylation sites is 2. The average molecular weight is 412 g/mol. The number of hydrogen-bond acceptors (Lipinski definition) is 3. The molecule has 0 aliphatic heterocycles. The molecule has 3 nitrogen and oxygen atoms in total. The lowest BCUT2D eigenvalue weighted by Crippen LogP contribution is -2.13. The first-order chi connectivity index (χ1) is 13.7. The Labute approximate surface area is 175 Å². The number of carbonyl (C=O) groups excluding carboxylic acids is 1. The molecule has 144 valence electrons. The molecule has 3 rings (SSSR count). The summed E-state index contributed by atoms with van der Waals surface area (Å²) in [6.45, 7) is 2.67. The summed E-state index contributed by atoms with van der Waals surface area (Å²) in [7, 11) is 0. The van der Waals surface area contributed by atoms with Crippen molar-refractivity contribution in [2.24, 2.45) is 0 Å². The average Bonchev–Trinajstić information content (AvgIpc) is 2.73. The maximum absolute atomic E-state index is 12.6. The molecule has 0 radical (unpaired) electrons. The van der Waals surface area contributed by atoms with Crippen LogP contribution in [-0.2, 0) is 5.75 Å². The monoisotopic (exact) mass is 411 g/mol. The van der Waals surface area contributed by atoms with Crippen molar-refractivity contribution >= 4 is 35.0 Å². The molecule has 28 heavy (non-hydrogen) atoms. The molecule has 0 bridgehead atoms. The first kappa shape index (κ1) is 20.3. The van der Waals surface area contributed by atoms with Gasteiger partial charge in [0.25, 0.3) is 5.91 Å². The third kappa shape index (κ3) is 5.78. The van der Waals surface area contributed by atoms with Gasteiger partial charge in [-0.25, -0.2) is 0 Å². The number of anilines is 1. The van der Waals surface area contributed by atoms with Gasteiger partial charge in [-0.2, -0.15) is 0 Å². The van der Waals surface area contributed by atoms with Crippen molar-refractivity contribution in [2.45, 2.75) is 24.0 Å². The molecule has 0 heterocycles. The van der Waals surface area contributed by atoms with Crippen LogP contribution in [-0.4, -0.2) is 12.5 Å². The molecule has 0 saturated carbocycles. The van der Waals surface area contributed by atoms with Gasteiger partial charge in [0.1, 0.15) is 5.75 Å². The first-order valence-corrected chi connectivity index (χ1v) is 10.5. The molecule has 0 aromatic heterocycles. The van der Waals surface area contributed by atoms with Gasteiger partial charge in [-0.15, -0.1) is 11.8 Å². The smallest absolute Gasteiger partial charge is 0.255 e. The van der Waals surface area contributed by atoms with Gasteiger partial charge in [-0.05, 0) is 60.5 Å². The molecule has 0 saturated heterocycles. The van der Waals surface area contributed by atoms with Crippen molar-refractivity contribution < 1.29 is 9.53 Å². The Bertz CT molecular complexity index is 911. The Morgan fingerprint density at radius 2 is 1.71 bits per heavy atom. The second kappa shape index (κ2) is 10.2. The summed E-state index contributed by atoms with van der Waals surface area (Å²) >= 11 is 7.65. The lowest BCUT2D eigenvalue weighted by molar-refractivity contribution is 0.102. The first-order valence-electron chi connectivity index (χ1n) is 9.16. The van der Waals surface area contributed by atoms with E-state index in [4.69, 9.17) is 16.3 Å². The molecule has 3 aromatic rings. The number of halogens is 1. The van der Waals surface area contributed by atoms with Gasteiger partial charge in [0, 0.05) is 21.2 Å². The number of thioether (sulfide) groups is 1. The zero-order valence-corrected chi connectivity index (χ0v) is 17.2. The zero-order valence-electron chi connectivity index (χ0n) is 15.7. The molecular weight excluding hydrogens is 390 g/mol. The molecule has 1 amide bonds. The molecular formula is C23H22ClNO2S. The van der Waals surface area contributed by atoms with Crippen molar-refractivity contribution in [3.05, 3.63) is 88.9 Å². The van der Waals surface area contributed by atoms with Crippen LogP contribution in [0.4, 0.5) is 5.69 Å². The zero-order chi connectivity index (χ0) is 19.8. The summed E-state index contributed by atoms with van der Waals surface area (Å²) in [6, 6.07) is 22.9. The van der Waals surface area contributed by atoms with Crippen LogP contribution in [0.5, 0.6) is 5.75 Å². The second-order valence-corrected chi connectivity index (χ2v) is 7.72. The third-order valence-electron chi connectivity index (χ3n) is 4.03. The molecule has 0 unspecified atom stereocenters. The maximum atomic E-state index is 12.6. The largest absolute Gasteiger partial charge is 0.491 e. The van der Waals surface area contributed by atoms with Crippen LogP contribution in [0.2, 0.25) is 5.02 Å². The number of carbonyl (C=O) groups is 1. The van der Waals surface area contributed by atoms with Gasteiger partial charge < -0.3 is 10.1 Å². The molecule has 0 fully saturated rings. The predicted octanol–water partition coefficient (Wildman–Crippen LogP) is 6.67. The number of ether oxygens (including phenoxy) is 1. The van der Waals surface area contributed by atoms with Crippen LogP contribution in [0.3, 0.4) is 0 Å². The summed E-state index contributed by atoms with van der Waals surface area (Å²) in [4.78, 5) is 13.7. The van der Waals surface area contributed by atoms with E-state index < -0.39 is 0 Å². The Hall–Kier alpha value is -2.43. The predicted molar refractivity (Wildman–Crippen MR) is 118 cm³/mol. The number of nitrogens with one attached hydrogen (secondary N) is 1. The van der Waals surface area contributed by atoms with Crippen LogP contribution in [0, 0.1) is 0 Å². The number of rotatable bonds is 8. The van der Waals surface area contributed by atoms with Gasteiger partial charge in [0.05, 0.1) is 12.3 Å². The van der Waals surface area contributed by atoms with E-state index >= 15 is 0 Å². The molecule has 0 atom stereocenters. The minimum absolute atomic E-state index is 0.149. The Morgan fingerprint density at radius 1 is 1.00 bits per heavy atom. The summed E-state index contributed by atoms with van der Waals surface area (Å²) in [5.74, 6) is 1.37. The standard InChI is InChI=1S/C23H22ClNO2S/c1-2-15-27-22-6-4-3-5-21(22)25-23(26)18-9-7-17(8-10-18)16-28-20-13-11-19(24)12-14-20/h3-14H,2,15-16H2,1H3,(H,25,26). The van der Waals surface area contributed by atoms with E-state index in [0.717, 1.165) is 27.7 Å². The summed E-state index contributed by atoms with van der Waals surface area (Å²) in [5.41, 5.74) is 2.46. The Kier molecular flexibility index (Phi) is 7.40. The van der Waals surface area contributed by atoms with E-state index in [1.165, 1.54) is 0 Å². The highest BCUT2D eigenvalue weighted by Crippen LogP contribution is 2.26. The molecule has 0 aliphatic carbocycles. The fourth-order valence-electron chi connectivity index (χ4n) is 2.55. The van der Waals surface area contributed by atoms with Crippen molar-refractivity contribution in [2.75, 3.05) is 11.9 Å². The normalized spacial score (nSPS) is 10.5. The van der Waals surface area contributed by atoms with Gasteiger partial charge in [-0.1, -0.05) is 42.8 Å². The van der Waals surface area contributed by atoms with Gasteiger partial charge >= 0.3 is 0 Å². The van der Waals surface area contributed by atoms with E-state index in [1.54, 1.807) is 11.8 Å². The highest BCUT2D eigenvalue weighted by atomic mass is 35.5. The molecule has 0 spiro atoms. The highest BCUT2D eigenvalue weighted by molar-refractivity contribution is 7.98. The number of hydrogen-bond donors (Lipinski definition) is 1. The molecule has 5 heteroatoms. The Balaban J connectivity index is 1.60. The van der Waals surface area contributed by atoms with Crippen LogP contribution >= 0.6 is 23.4 Å². The minimum Gasteiger partial charge on any atom is -0.491 e. The van der Waals surface area contributed by atoms with Crippen LogP contribution in [0.25, 0.3) is 0 Å². The van der Waals surface area contributed by atoms with E-state index in [9.17, 15) is 4.79 Å². The van der Waals surface area contributed by atoms with Crippen molar-refractivity contribution in [1.82, 2.24) is 0 Å². The molecule has 0 aliphatic rings. The summed E-state index contributed by atoms with van der Waals surface area (Å²) in [5, 5.41) is 3.67. The lowest BCUT2D eigenvalue weighted by Gasteiger charge is -2.12. The van der Waals surface area contributed by atoms with E-state index in [-0.39, 0.29) is 5.91 Å². The number of amides is 1. The lowest BCUT2D eigenvalue weighted by atomic mass is 10.1. The SMILES string of the molecule is CCCOc1ccccc1NC(=O)c1ccc(CSc2ccc(Cl)cc2)cc1. The number of benzene rings is 3. The third-order valence-corrected chi connectivity index (χ3v) is 5.37. The maximum Gasteiger partial charge on any atom is 0.255 e. The van der Waals surface area contributed by atoms with Crippen molar-refractivity contribution in [3.8, 4) is 5.75 Å². The van der Waals surface area contributed by atoms with Crippen molar-refractivity contribution in [1.29, 1.82) is 0 Å². The highest BCUT2D eigenvalue weighted by Gasteiger charge is 2.10. The molecule has 1 N–H and O–H groups in total. The fraction of sp³-hybridized carbons (Fsp3) is 0.174. The second-order valence-electron chi connectivity index (χ2n) is 6.24. The molecule has 3 aromatic carbocycles. The minimum atomic E-state index is -0.149. The van der Waals surface area contributed by atoms with Crippen LogP contribution in [0.1, 0.15) is 29.3 Å². The van der Waals surface area contributed by atoms with E-state index in [0.29, 0.717) is 23.6 Å². The van der Waals surface area contributed by atoms with Gasteiger partial charge in [-0.3, -0.25) is 4.79 Å². The van der Waals surface area contributed by atoms with Crippen LogP contribution < -0.4 is 10.1 Å². The Morgan fingerprint density at radius 3 is 2.43 bits per heavy atom. The fourth-order valence-corrected chi connectivity index (χ4v) is 3.53.